The highest BCUT2D eigenvalue weighted by Crippen LogP contribution is 2.50. The molecule has 2 aromatic carbocycles. The number of hydrogen-bond donors (Lipinski definition) is 0. The standard InChI is InChI=1S/C19H12Cl4N2OS/c1-9-18(26)25(16-8-13(21)12(20)7-14(16)22)19(27-9)11-6-10-4-2-3-5-15(10)24-17(11)23/h2-9,19H,1H3. The van der Waals surface area contributed by atoms with Crippen molar-refractivity contribution in [2.75, 3.05) is 4.90 Å². The maximum absolute atomic E-state index is 12.9. The quantitative estimate of drug-likeness (QED) is 0.306. The number of hydrogen-bond acceptors (Lipinski definition) is 3. The molecule has 4 rings (SSSR count). The largest absolute Gasteiger partial charge is 0.293 e. The van der Waals surface area contributed by atoms with Crippen LogP contribution in [0.25, 0.3) is 10.9 Å². The molecule has 0 radical (unpaired) electrons. The summed E-state index contributed by atoms with van der Waals surface area (Å²) >= 11 is 26.6. The number of thioether (sulfide) groups is 1. The molecule has 2 atom stereocenters. The van der Waals surface area contributed by atoms with E-state index in [9.17, 15) is 4.79 Å². The molecule has 0 bridgehead atoms. The first-order valence-corrected chi connectivity index (χ1v) is 10.5. The second-order valence-corrected chi connectivity index (χ2v) is 9.12. The highest BCUT2D eigenvalue weighted by molar-refractivity contribution is 8.01. The first-order valence-electron chi connectivity index (χ1n) is 8.05. The minimum Gasteiger partial charge on any atom is -0.293 e. The Morgan fingerprint density at radius 1 is 1.00 bits per heavy atom. The average molecular weight is 458 g/mol. The van der Waals surface area contributed by atoms with Crippen molar-refractivity contribution in [3.63, 3.8) is 0 Å². The Labute approximate surface area is 180 Å². The first kappa shape index (κ1) is 19.2. The molecule has 1 amide bonds. The van der Waals surface area contributed by atoms with E-state index in [4.69, 9.17) is 46.4 Å². The molecular formula is C19H12Cl4N2OS. The summed E-state index contributed by atoms with van der Waals surface area (Å²) in [5.74, 6) is -0.0745. The SMILES string of the molecule is CC1SC(c2cc3ccccc3nc2Cl)N(c2cc(Cl)c(Cl)cc2Cl)C1=O. The van der Waals surface area contributed by atoms with E-state index >= 15 is 0 Å². The number of carbonyl (C=O) groups is 1. The number of para-hydroxylation sites is 1. The Morgan fingerprint density at radius 3 is 2.48 bits per heavy atom. The van der Waals surface area contributed by atoms with Crippen LogP contribution in [0, 0.1) is 0 Å². The fraction of sp³-hybridized carbons (Fsp3) is 0.158. The number of nitrogens with zero attached hydrogens (tertiary/aromatic N) is 2. The zero-order chi connectivity index (χ0) is 19.3. The van der Waals surface area contributed by atoms with Gasteiger partial charge in [-0.1, -0.05) is 64.6 Å². The van der Waals surface area contributed by atoms with Crippen LogP contribution in [0.3, 0.4) is 0 Å². The molecule has 1 aromatic heterocycles. The molecule has 1 saturated heterocycles. The van der Waals surface area contributed by atoms with E-state index in [0.29, 0.717) is 25.9 Å². The van der Waals surface area contributed by atoms with Crippen LogP contribution in [-0.2, 0) is 4.79 Å². The number of anilines is 1. The fourth-order valence-electron chi connectivity index (χ4n) is 3.06. The van der Waals surface area contributed by atoms with Gasteiger partial charge in [-0.15, -0.1) is 11.8 Å². The number of halogens is 4. The second kappa shape index (κ2) is 7.34. The number of fused-ring (bicyclic) bond motifs is 1. The third kappa shape index (κ3) is 3.39. The lowest BCUT2D eigenvalue weighted by atomic mass is 10.1. The van der Waals surface area contributed by atoms with E-state index in [2.05, 4.69) is 4.98 Å². The topological polar surface area (TPSA) is 33.2 Å². The molecule has 2 heterocycles. The molecule has 1 aliphatic heterocycles. The van der Waals surface area contributed by atoms with Crippen molar-refractivity contribution in [2.45, 2.75) is 17.5 Å². The summed E-state index contributed by atoms with van der Waals surface area (Å²) in [5.41, 5.74) is 2.05. The zero-order valence-electron chi connectivity index (χ0n) is 13.9. The minimum absolute atomic E-state index is 0.0745. The van der Waals surface area contributed by atoms with E-state index < -0.39 is 0 Å². The lowest BCUT2D eigenvalue weighted by molar-refractivity contribution is -0.117. The molecule has 0 aliphatic carbocycles. The van der Waals surface area contributed by atoms with Crippen LogP contribution in [0.4, 0.5) is 5.69 Å². The minimum atomic E-state index is -0.369. The van der Waals surface area contributed by atoms with Crippen LogP contribution in [0.15, 0.2) is 42.5 Å². The Kier molecular flexibility index (Phi) is 5.21. The van der Waals surface area contributed by atoms with Crippen molar-refractivity contribution in [3.8, 4) is 0 Å². The molecule has 138 valence electrons. The van der Waals surface area contributed by atoms with Crippen LogP contribution in [-0.4, -0.2) is 16.1 Å². The van der Waals surface area contributed by atoms with Gasteiger partial charge in [0, 0.05) is 10.9 Å². The zero-order valence-corrected chi connectivity index (χ0v) is 17.8. The monoisotopic (exact) mass is 456 g/mol. The molecule has 3 aromatic rings. The van der Waals surface area contributed by atoms with Gasteiger partial charge < -0.3 is 0 Å². The Hall–Kier alpha value is -1.17. The van der Waals surface area contributed by atoms with Crippen molar-refractivity contribution >= 4 is 80.7 Å². The van der Waals surface area contributed by atoms with Gasteiger partial charge in [0.2, 0.25) is 5.91 Å². The maximum Gasteiger partial charge on any atom is 0.241 e. The maximum atomic E-state index is 12.9. The van der Waals surface area contributed by atoms with Crippen molar-refractivity contribution in [1.82, 2.24) is 4.98 Å². The van der Waals surface area contributed by atoms with Gasteiger partial charge in [-0.05, 0) is 31.2 Å². The molecule has 3 nitrogen and oxygen atoms in total. The number of pyridine rings is 1. The van der Waals surface area contributed by atoms with Gasteiger partial charge in [0.25, 0.3) is 0 Å². The van der Waals surface area contributed by atoms with Crippen LogP contribution in [0.1, 0.15) is 17.9 Å². The van der Waals surface area contributed by atoms with E-state index in [1.165, 1.54) is 11.8 Å². The Balaban J connectivity index is 1.88. The van der Waals surface area contributed by atoms with E-state index in [-0.39, 0.29) is 16.5 Å². The molecular weight excluding hydrogens is 446 g/mol. The third-order valence-corrected chi connectivity index (χ3v) is 7.03. The van der Waals surface area contributed by atoms with Crippen LogP contribution >= 0.6 is 58.2 Å². The average Bonchev–Trinajstić information content (AvgIpc) is 2.92. The summed E-state index contributed by atoms with van der Waals surface area (Å²) < 4.78 is 0. The van der Waals surface area contributed by atoms with Crippen molar-refractivity contribution < 1.29 is 4.79 Å². The highest BCUT2D eigenvalue weighted by Gasteiger charge is 2.41. The van der Waals surface area contributed by atoms with E-state index in [1.807, 2.05) is 37.3 Å². The van der Waals surface area contributed by atoms with E-state index in [1.54, 1.807) is 17.0 Å². The number of rotatable bonds is 2. The Morgan fingerprint density at radius 2 is 1.70 bits per heavy atom. The first-order chi connectivity index (χ1) is 12.9. The van der Waals surface area contributed by atoms with Gasteiger partial charge in [0.05, 0.1) is 31.5 Å². The number of amides is 1. The van der Waals surface area contributed by atoms with Crippen LogP contribution in [0.5, 0.6) is 0 Å². The summed E-state index contributed by atoms with van der Waals surface area (Å²) in [7, 11) is 0. The molecule has 0 saturated carbocycles. The lowest BCUT2D eigenvalue weighted by Gasteiger charge is -2.26. The van der Waals surface area contributed by atoms with Gasteiger partial charge in [0.15, 0.2) is 0 Å². The summed E-state index contributed by atoms with van der Waals surface area (Å²) in [6, 6.07) is 12.8. The van der Waals surface area contributed by atoms with E-state index in [0.717, 1.165) is 16.5 Å². The third-order valence-electron chi connectivity index (χ3n) is 4.37. The van der Waals surface area contributed by atoms with Crippen LogP contribution < -0.4 is 4.90 Å². The van der Waals surface area contributed by atoms with Crippen molar-refractivity contribution in [3.05, 3.63) is 68.2 Å². The summed E-state index contributed by atoms with van der Waals surface area (Å²) in [4.78, 5) is 19.0. The fourth-order valence-corrected chi connectivity index (χ4v) is 5.29. The molecule has 1 aliphatic rings. The van der Waals surface area contributed by atoms with Gasteiger partial charge in [0.1, 0.15) is 10.5 Å². The summed E-state index contributed by atoms with van der Waals surface area (Å²) in [6.07, 6.45) is 0. The predicted octanol–water partition coefficient (Wildman–Crippen LogP) is 7.02. The molecule has 8 heteroatoms. The Bertz CT molecular complexity index is 1080. The molecule has 1 fully saturated rings. The van der Waals surface area contributed by atoms with Crippen molar-refractivity contribution in [1.29, 1.82) is 0 Å². The summed E-state index contributed by atoms with van der Waals surface area (Å²) in [6.45, 7) is 1.85. The molecule has 27 heavy (non-hydrogen) atoms. The van der Waals surface area contributed by atoms with Gasteiger partial charge in [-0.3, -0.25) is 9.69 Å². The molecule has 2 unspecified atom stereocenters. The number of carbonyl (C=O) groups excluding carboxylic acids is 1. The number of benzene rings is 2. The van der Waals surface area contributed by atoms with Gasteiger partial charge in [-0.25, -0.2) is 4.98 Å². The molecule has 0 spiro atoms. The lowest BCUT2D eigenvalue weighted by Crippen LogP contribution is -2.30. The second-order valence-electron chi connectivity index (χ2n) is 6.12. The predicted molar refractivity (Wildman–Crippen MR) is 116 cm³/mol. The normalized spacial score (nSPS) is 19.9. The smallest absolute Gasteiger partial charge is 0.241 e. The number of aromatic nitrogens is 1. The van der Waals surface area contributed by atoms with Gasteiger partial charge in [-0.2, -0.15) is 0 Å². The van der Waals surface area contributed by atoms with Gasteiger partial charge >= 0.3 is 0 Å². The summed E-state index contributed by atoms with van der Waals surface area (Å²) in [5, 5.41) is 1.69. The highest BCUT2D eigenvalue weighted by atomic mass is 35.5. The van der Waals surface area contributed by atoms with Crippen LogP contribution in [0.2, 0.25) is 20.2 Å². The van der Waals surface area contributed by atoms with Crippen molar-refractivity contribution in [2.24, 2.45) is 0 Å². The molecule has 0 N–H and O–H groups in total.